The fourth-order valence-corrected chi connectivity index (χ4v) is 4.43. The van der Waals surface area contributed by atoms with Crippen LogP contribution < -0.4 is 24.6 Å². The number of piperazine rings is 1. The van der Waals surface area contributed by atoms with E-state index in [1.807, 2.05) is 12.1 Å². The van der Waals surface area contributed by atoms with Gasteiger partial charge in [0.05, 0.1) is 25.7 Å². The molecule has 9 heteroatoms. The standard InChI is InChI=1S/C25H29N5O3S/c1-18-5-4-6-19(15-18)29-11-13-30(14-12-29)23-9-10-25(28-27-23)34-17-24(31)26-21-16-20(32-2)7-8-22(21)33-3/h4-10,15-16H,11-14,17H2,1-3H3,(H,26,31). The second kappa shape index (κ2) is 11.1. The predicted octanol–water partition coefficient (Wildman–Crippen LogP) is 3.86. The molecule has 0 bridgehead atoms. The average Bonchev–Trinajstić information content (AvgIpc) is 2.88. The van der Waals surface area contributed by atoms with Crippen molar-refractivity contribution in [3.05, 3.63) is 60.2 Å². The van der Waals surface area contributed by atoms with Crippen LogP contribution in [0.15, 0.2) is 59.6 Å². The Labute approximate surface area is 204 Å². The van der Waals surface area contributed by atoms with Crippen LogP contribution in [0.3, 0.4) is 0 Å². The number of carbonyl (C=O) groups is 1. The number of aryl methyl sites for hydroxylation is 1. The molecule has 3 aromatic rings. The number of anilines is 3. The number of thioether (sulfide) groups is 1. The number of aromatic nitrogens is 2. The van der Waals surface area contributed by atoms with Crippen molar-refractivity contribution >= 4 is 34.9 Å². The van der Waals surface area contributed by atoms with Crippen molar-refractivity contribution < 1.29 is 14.3 Å². The number of ether oxygens (including phenoxy) is 2. The molecule has 1 aliphatic heterocycles. The van der Waals surface area contributed by atoms with Crippen molar-refractivity contribution in [1.29, 1.82) is 0 Å². The molecule has 1 fully saturated rings. The molecular weight excluding hydrogens is 450 g/mol. The molecule has 0 radical (unpaired) electrons. The summed E-state index contributed by atoms with van der Waals surface area (Å²) >= 11 is 1.34. The Hall–Kier alpha value is -3.46. The highest BCUT2D eigenvalue weighted by molar-refractivity contribution is 7.99. The molecule has 8 nitrogen and oxygen atoms in total. The first kappa shape index (κ1) is 23.7. The summed E-state index contributed by atoms with van der Waals surface area (Å²) in [5.41, 5.74) is 3.11. The molecule has 1 saturated heterocycles. The summed E-state index contributed by atoms with van der Waals surface area (Å²) in [6, 6.07) is 17.8. The lowest BCUT2D eigenvalue weighted by atomic mass is 10.2. The molecule has 1 aromatic heterocycles. The van der Waals surface area contributed by atoms with Crippen LogP contribution in [0.4, 0.5) is 17.2 Å². The molecule has 0 spiro atoms. The van der Waals surface area contributed by atoms with Crippen molar-refractivity contribution in [3.63, 3.8) is 0 Å². The number of hydrogen-bond donors (Lipinski definition) is 1. The zero-order valence-electron chi connectivity index (χ0n) is 19.7. The number of nitrogens with one attached hydrogen (secondary N) is 1. The summed E-state index contributed by atoms with van der Waals surface area (Å²) in [6.45, 7) is 5.78. The van der Waals surface area contributed by atoms with Crippen molar-refractivity contribution in [2.45, 2.75) is 11.9 Å². The molecule has 1 N–H and O–H groups in total. The molecule has 2 aromatic carbocycles. The third kappa shape index (κ3) is 5.91. The molecule has 0 aliphatic carbocycles. The summed E-state index contributed by atoms with van der Waals surface area (Å²) in [6.07, 6.45) is 0. The molecule has 0 atom stereocenters. The number of methoxy groups -OCH3 is 2. The normalized spacial score (nSPS) is 13.5. The van der Waals surface area contributed by atoms with Crippen molar-refractivity contribution in [3.8, 4) is 11.5 Å². The van der Waals surface area contributed by atoms with Crippen LogP contribution in [-0.2, 0) is 4.79 Å². The lowest BCUT2D eigenvalue weighted by Gasteiger charge is -2.36. The van der Waals surface area contributed by atoms with Crippen LogP contribution in [0.5, 0.6) is 11.5 Å². The molecule has 1 aliphatic rings. The fraction of sp³-hybridized carbons (Fsp3) is 0.320. The number of benzene rings is 2. The van der Waals surface area contributed by atoms with E-state index in [9.17, 15) is 4.79 Å². The quantitative estimate of drug-likeness (QED) is 0.488. The van der Waals surface area contributed by atoms with Crippen LogP contribution in [0.25, 0.3) is 0 Å². The second-order valence-electron chi connectivity index (χ2n) is 7.95. The van der Waals surface area contributed by atoms with Gasteiger partial charge in [-0.3, -0.25) is 4.79 Å². The summed E-state index contributed by atoms with van der Waals surface area (Å²) in [4.78, 5) is 17.1. The highest BCUT2D eigenvalue weighted by Crippen LogP contribution is 2.29. The van der Waals surface area contributed by atoms with Crippen LogP contribution in [0.1, 0.15) is 5.56 Å². The minimum absolute atomic E-state index is 0.158. The van der Waals surface area contributed by atoms with Gasteiger partial charge in [0, 0.05) is 37.9 Å². The number of carbonyl (C=O) groups excluding carboxylic acids is 1. The van der Waals surface area contributed by atoms with Crippen molar-refractivity contribution in [2.75, 3.05) is 61.3 Å². The van der Waals surface area contributed by atoms with E-state index in [1.165, 1.54) is 23.0 Å². The first-order valence-electron chi connectivity index (χ1n) is 11.1. The smallest absolute Gasteiger partial charge is 0.234 e. The number of amides is 1. The topological polar surface area (TPSA) is 79.8 Å². The van der Waals surface area contributed by atoms with Gasteiger partial charge in [-0.05, 0) is 48.9 Å². The lowest BCUT2D eigenvalue weighted by Crippen LogP contribution is -2.46. The van der Waals surface area contributed by atoms with Crippen LogP contribution in [0, 0.1) is 6.92 Å². The maximum atomic E-state index is 12.4. The molecule has 178 valence electrons. The highest BCUT2D eigenvalue weighted by Gasteiger charge is 2.19. The summed E-state index contributed by atoms with van der Waals surface area (Å²) in [5.74, 6) is 2.13. The van der Waals surface area contributed by atoms with Gasteiger partial charge in [0.1, 0.15) is 16.5 Å². The zero-order chi connectivity index (χ0) is 23.9. The Morgan fingerprint density at radius 2 is 1.76 bits per heavy atom. The Bertz CT molecular complexity index is 1120. The van der Waals surface area contributed by atoms with Gasteiger partial charge in [0.15, 0.2) is 5.82 Å². The average molecular weight is 480 g/mol. The molecule has 1 amide bonds. The molecular formula is C25H29N5O3S. The summed E-state index contributed by atoms with van der Waals surface area (Å²) in [7, 11) is 3.14. The van der Waals surface area contributed by atoms with Gasteiger partial charge >= 0.3 is 0 Å². The maximum Gasteiger partial charge on any atom is 0.234 e. The van der Waals surface area contributed by atoms with Gasteiger partial charge in [-0.1, -0.05) is 23.9 Å². The van der Waals surface area contributed by atoms with Crippen LogP contribution >= 0.6 is 11.8 Å². The number of rotatable bonds is 8. The molecule has 0 unspecified atom stereocenters. The van der Waals surface area contributed by atoms with E-state index >= 15 is 0 Å². The third-order valence-corrected chi connectivity index (χ3v) is 6.55. The van der Waals surface area contributed by atoms with Crippen LogP contribution in [0.2, 0.25) is 0 Å². The fourth-order valence-electron chi connectivity index (χ4n) is 3.81. The molecule has 4 rings (SSSR count). The Morgan fingerprint density at radius 1 is 0.971 bits per heavy atom. The summed E-state index contributed by atoms with van der Waals surface area (Å²) < 4.78 is 10.5. The van der Waals surface area contributed by atoms with Crippen molar-refractivity contribution in [2.24, 2.45) is 0 Å². The van der Waals surface area contributed by atoms with E-state index in [0.29, 0.717) is 22.2 Å². The predicted molar refractivity (Wildman–Crippen MR) is 137 cm³/mol. The van der Waals surface area contributed by atoms with E-state index in [4.69, 9.17) is 9.47 Å². The van der Waals surface area contributed by atoms with Gasteiger partial charge in [-0.25, -0.2) is 0 Å². The van der Waals surface area contributed by atoms with E-state index in [2.05, 4.69) is 56.5 Å². The van der Waals surface area contributed by atoms with E-state index < -0.39 is 0 Å². The van der Waals surface area contributed by atoms with E-state index in [-0.39, 0.29) is 11.7 Å². The van der Waals surface area contributed by atoms with Gasteiger partial charge in [-0.2, -0.15) is 0 Å². The Kier molecular flexibility index (Phi) is 7.74. The van der Waals surface area contributed by atoms with Gasteiger partial charge in [0.2, 0.25) is 5.91 Å². The number of hydrogen-bond acceptors (Lipinski definition) is 8. The van der Waals surface area contributed by atoms with Gasteiger partial charge < -0.3 is 24.6 Å². The molecule has 0 saturated carbocycles. The van der Waals surface area contributed by atoms with E-state index in [0.717, 1.165) is 32.0 Å². The molecule has 2 heterocycles. The van der Waals surface area contributed by atoms with Crippen LogP contribution in [-0.4, -0.2) is 62.3 Å². The monoisotopic (exact) mass is 479 g/mol. The largest absolute Gasteiger partial charge is 0.497 e. The van der Waals surface area contributed by atoms with E-state index in [1.54, 1.807) is 32.4 Å². The maximum absolute atomic E-state index is 12.4. The first-order chi connectivity index (χ1) is 16.6. The first-order valence-corrected chi connectivity index (χ1v) is 12.1. The highest BCUT2D eigenvalue weighted by atomic mass is 32.2. The van der Waals surface area contributed by atoms with Gasteiger partial charge in [-0.15, -0.1) is 10.2 Å². The Morgan fingerprint density at radius 3 is 2.44 bits per heavy atom. The second-order valence-corrected chi connectivity index (χ2v) is 8.94. The number of nitrogens with zero attached hydrogens (tertiary/aromatic N) is 4. The zero-order valence-corrected chi connectivity index (χ0v) is 20.5. The van der Waals surface area contributed by atoms with Gasteiger partial charge in [0.25, 0.3) is 0 Å². The minimum atomic E-state index is -0.158. The third-order valence-electron chi connectivity index (χ3n) is 5.63. The summed E-state index contributed by atoms with van der Waals surface area (Å²) in [5, 5.41) is 12.3. The molecule has 34 heavy (non-hydrogen) atoms. The van der Waals surface area contributed by atoms with Crippen molar-refractivity contribution in [1.82, 2.24) is 10.2 Å². The minimum Gasteiger partial charge on any atom is -0.497 e. The Balaban J connectivity index is 1.28. The SMILES string of the molecule is COc1ccc(OC)c(NC(=O)CSc2ccc(N3CCN(c4cccc(C)c4)CC3)nn2)c1. The lowest BCUT2D eigenvalue weighted by molar-refractivity contribution is -0.113.